The normalized spacial score (nSPS) is 17.4. The van der Waals surface area contributed by atoms with Crippen LogP contribution in [-0.2, 0) is 12.8 Å². The molecule has 1 atom stereocenters. The number of aromatic amines is 1. The number of rotatable bonds is 1. The SMILES string of the molecule is C[C@@H]1CCc2c(sc3[nH]c(=S)n(-c4ccc(F)cc4)c(=O)c23)C1. The zero-order chi connectivity index (χ0) is 16.1. The predicted octanol–water partition coefficient (Wildman–Crippen LogP) is 4.37. The molecule has 0 saturated carbocycles. The molecule has 0 amide bonds. The molecule has 1 aliphatic carbocycles. The van der Waals surface area contributed by atoms with E-state index in [1.54, 1.807) is 23.5 Å². The van der Waals surface area contributed by atoms with E-state index in [1.807, 2.05) is 0 Å². The molecule has 2 heterocycles. The number of benzene rings is 1. The van der Waals surface area contributed by atoms with E-state index >= 15 is 0 Å². The van der Waals surface area contributed by atoms with Crippen molar-refractivity contribution in [1.82, 2.24) is 9.55 Å². The number of halogens is 1. The topological polar surface area (TPSA) is 37.8 Å². The van der Waals surface area contributed by atoms with Gasteiger partial charge in [-0.25, -0.2) is 4.39 Å². The van der Waals surface area contributed by atoms with Crippen molar-refractivity contribution < 1.29 is 4.39 Å². The van der Waals surface area contributed by atoms with Crippen molar-refractivity contribution in [3.05, 3.63) is 55.6 Å². The van der Waals surface area contributed by atoms with E-state index in [-0.39, 0.29) is 11.4 Å². The Morgan fingerprint density at radius 1 is 1.35 bits per heavy atom. The number of aryl methyl sites for hydroxylation is 1. The molecule has 0 bridgehead atoms. The summed E-state index contributed by atoms with van der Waals surface area (Å²) in [5.74, 6) is 0.317. The van der Waals surface area contributed by atoms with Gasteiger partial charge in [0.25, 0.3) is 5.56 Å². The molecule has 23 heavy (non-hydrogen) atoms. The van der Waals surface area contributed by atoms with Gasteiger partial charge in [0.2, 0.25) is 0 Å². The molecule has 0 aliphatic heterocycles. The van der Waals surface area contributed by atoms with Crippen LogP contribution in [0, 0.1) is 16.5 Å². The number of fused-ring (bicyclic) bond motifs is 3. The van der Waals surface area contributed by atoms with Crippen LogP contribution in [0.3, 0.4) is 0 Å². The van der Waals surface area contributed by atoms with Crippen molar-refractivity contribution in [3.8, 4) is 5.69 Å². The summed E-state index contributed by atoms with van der Waals surface area (Å²) in [6.07, 6.45) is 3.05. The lowest BCUT2D eigenvalue weighted by atomic mass is 9.89. The summed E-state index contributed by atoms with van der Waals surface area (Å²) in [5, 5.41) is 0.745. The molecule has 0 spiro atoms. The Bertz CT molecular complexity index is 1010. The van der Waals surface area contributed by atoms with Gasteiger partial charge in [-0.15, -0.1) is 11.3 Å². The lowest BCUT2D eigenvalue weighted by Crippen LogP contribution is -2.21. The van der Waals surface area contributed by atoms with E-state index < -0.39 is 0 Å². The first-order chi connectivity index (χ1) is 11.0. The first kappa shape index (κ1) is 14.8. The monoisotopic (exact) mass is 346 g/mol. The van der Waals surface area contributed by atoms with E-state index in [0.29, 0.717) is 16.4 Å². The summed E-state index contributed by atoms with van der Waals surface area (Å²) in [5.41, 5.74) is 1.64. The second-order valence-corrected chi connectivity index (χ2v) is 7.59. The quantitative estimate of drug-likeness (QED) is 0.664. The number of thiophene rings is 1. The van der Waals surface area contributed by atoms with Crippen LogP contribution < -0.4 is 5.56 Å². The van der Waals surface area contributed by atoms with Crippen molar-refractivity contribution in [3.63, 3.8) is 0 Å². The number of hydrogen-bond donors (Lipinski definition) is 1. The molecule has 6 heteroatoms. The van der Waals surface area contributed by atoms with Crippen molar-refractivity contribution in [1.29, 1.82) is 0 Å². The van der Waals surface area contributed by atoms with Gasteiger partial charge in [0.15, 0.2) is 4.77 Å². The molecule has 0 unspecified atom stereocenters. The van der Waals surface area contributed by atoms with E-state index in [1.165, 1.54) is 21.6 Å². The Hall–Kier alpha value is -1.79. The maximum Gasteiger partial charge on any atom is 0.267 e. The maximum absolute atomic E-state index is 13.1. The van der Waals surface area contributed by atoms with Gasteiger partial charge in [0, 0.05) is 4.88 Å². The second-order valence-electron chi connectivity index (χ2n) is 6.10. The summed E-state index contributed by atoms with van der Waals surface area (Å²) < 4.78 is 15.0. The van der Waals surface area contributed by atoms with Crippen LogP contribution in [-0.4, -0.2) is 9.55 Å². The third-order valence-corrected chi connectivity index (χ3v) is 5.89. The first-order valence-electron chi connectivity index (χ1n) is 7.60. The Morgan fingerprint density at radius 2 is 2.09 bits per heavy atom. The molecular formula is C17H15FN2OS2. The number of hydrogen-bond acceptors (Lipinski definition) is 3. The van der Waals surface area contributed by atoms with Crippen molar-refractivity contribution in [2.45, 2.75) is 26.2 Å². The van der Waals surface area contributed by atoms with Gasteiger partial charge in [-0.1, -0.05) is 6.92 Å². The highest BCUT2D eigenvalue weighted by atomic mass is 32.1. The first-order valence-corrected chi connectivity index (χ1v) is 8.82. The standard InChI is InChI=1S/C17H15FN2OS2/c1-9-2-7-12-13(8-9)23-15-14(12)16(21)20(17(22)19-15)11-5-3-10(18)4-6-11/h3-6,9H,2,7-8H2,1H3,(H,19,22)/t9-/m1/s1. The highest BCUT2D eigenvalue weighted by Crippen LogP contribution is 2.35. The van der Waals surface area contributed by atoms with Gasteiger partial charge >= 0.3 is 0 Å². The zero-order valence-electron chi connectivity index (χ0n) is 12.6. The van der Waals surface area contributed by atoms with E-state index in [9.17, 15) is 9.18 Å². The number of nitrogens with one attached hydrogen (secondary N) is 1. The Kier molecular flexibility index (Phi) is 3.46. The predicted molar refractivity (Wildman–Crippen MR) is 93.8 cm³/mol. The molecule has 3 aromatic rings. The van der Waals surface area contributed by atoms with Crippen LogP contribution in [0.25, 0.3) is 15.9 Å². The minimum atomic E-state index is -0.334. The Balaban J connectivity index is 2.02. The van der Waals surface area contributed by atoms with Gasteiger partial charge < -0.3 is 4.98 Å². The zero-order valence-corrected chi connectivity index (χ0v) is 14.2. The molecule has 118 valence electrons. The smallest absolute Gasteiger partial charge is 0.267 e. The summed E-state index contributed by atoms with van der Waals surface area (Å²) >= 11 is 7.01. The lowest BCUT2D eigenvalue weighted by Gasteiger charge is -2.17. The average molecular weight is 346 g/mol. The fraction of sp³-hybridized carbons (Fsp3) is 0.294. The van der Waals surface area contributed by atoms with Crippen LogP contribution >= 0.6 is 23.6 Å². The largest absolute Gasteiger partial charge is 0.323 e. The number of H-pyrrole nitrogens is 1. The van der Waals surface area contributed by atoms with E-state index in [0.717, 1.165) is 35.0 Å². The molecule has 2 aromatic heterocycles. The van der Waals surface area contributed by atoms with Crippen molar-refractivity contribution >= 4 is 33.8 Å². The van der Waals surface area contributed by atoms with Crippen LogP contribution in [0.5, 0.6) is 0 Å². The third-order valence-electron chi connectivity index (χ3n) is 4.44. The molecule has 1 aromatic carbocycles. The minimum absolute atomic E-state index is 0.109. The van der Waals surface area contributed by atoms with E-state index in [4.69, 9.17) is 12.2 Å². The Labute approximate surface area is 141 Å². The molecule has 0 saturated heterocycles. The number of aromatic nitrogens is 2. The molecule has 0 radical (unpaired) electrons. The van der Waals surface area contributed by atoms with Gasteiger partial charge in [0.1, 0.15) is 10.6 Å². The molecule has 1 aliphatic rings. The summed E-state index contributed by atoms with van der Waals surface area (Å²) in [7, 11) is 0. The molecule has 1 N–H and O–H groups in total. The lowest BCUT2D eigenvalue weighted by molar-refractivity contribution is 0.509. The van der Waals surface area contributed by atoms with Crippen LogP contribution in [0.4, 0.5) is 4.39 Å². The fourth-order valence-electron chi connectivity index (χ4n) is 3.25. The van der Waals surface area contributed by atoms with Crippen LogP contribution in [0.1, 0.15) is 23.8 Å². The van der Waals surface area contributed by atoms with Gasteiger partial charge in [-0.2, -0.15) is 0 Å². The highest BCUT2D eigenvalue weighted by molar-refractivity contribution is 7.71. The number of nitrogens with zero attached hydrogens (tertiary/aromatic N) is 1. The van der Waals surface area contributed by atoms with Gasteiger partial charge in [-0.3, -0.25) is 9.36 Å². The average Bonchev–Trinajstić information content (AvgIpc) is 2.86. The molecule has 4 rings (SSSR count). The van der Waals surface area contributed by atoms with Crippen molar-refractivity contribution in [2.24, 2.45) is 5.92 Å². The van der Waals surface area contributed by atoms with Crippen molar-refractivity contribution in [2.75, 3.05) is 0 Å². The Morgan fingerprint density at radius 3 is 2.83 bits per heavy atom. The summed E-state index contributed by atoms with van der Waals surface area (Å²) in [6.45, 7) is 2.24. The third kappa shape index (κ3) is 2.37. The van der Waals surface area contributed by atoms with Gasteiger partial charge in [-0.05, 0) is 67.2 Å². The van der Waals surface area contributed by atoms with Gasteiger partial charge in [0.05, 0.1) is 11.1 Å². The molecule has 0 fully saturated rings. The van der Waals surface area contributed by atoms with Crippen LogP contribution in [0.15, 0.2) is 29.1 Å². The fourth-order valence-corrected chi connectivity index (χ4v) is 5.00. The van der Waals surface area contributed by atoms with E-state index in [2.05, 4.69) is 11.9 Å². The molecular weight excluding hydrogens is 331 g/mol. The maximum atomic E-state index is 13.1. The van der Waals surface area contributed by atoms with Crippen LogP contribution in [0.2, 0.25) is 0 Å². The summed E-state index contributed by atoms with van der Waals surface area (Å²) in [6, 6.07) is 5.83. The molecule has 3 nitrogen and oxygen atoms in total. The summed E-state index contributed by atoms with van der Waals surface area (Å²) in [4.78, 5) is 18.4. The minimum Gasteiger partial charge on any atom is -0.323 e. The second kappa shape index (κ2) is 5.39. The highest BCUT2D eigenvalue weighted by Gasteiger charge is 2.23.